The molecule has 3 heterocycles. The minimum absolute atomic E-state index is 0.161. The molecule has 32 heavy (non-hydrogen) atoms. The largest absolute Gasteiger partial charge is 0.459 e. The van der Waals surface area contributed by atoms with Gasteiger partial charge in [-0.3, -0.25) is 9.36 Å². The molecule has 6 nitrogen and oxygen atoms in total. The van der Waals surface area contributed by atoms with Crippen LogP contribution in [0.1, 0.15) is 37.3 Å². The monoisotopic (exact) mass is 467 g/mol. The number of allylic oxidation sites excluding steroid dienone is 1. The van der Waals surface area contributed by atoms with Gasteiger partial charge >= 0.3 is 5.97 Å². The second-order valence-electron chi connectivity index (χ2n) is 8.04. The highest BCUT2D eigenvalue weighted by Gasteiger charge is 2.34. The van der Waals surface area contributed by atoms with E-state index >= 15 is 0 Å². The average Bonchev–Trinajstić information content (AvgIpc) is 3.36. The van der Waals surface area contributed by atoms with Gasteiger partial charge in [0, 0.05) is 24.7 Å². The summed E-state index contributed by atoms with van der Waals surface area (Å²) in [4.78, 5) is 34.6. The third kappa shape index (κ3) is 4.20. The lowest BCUT2D eigenvalue weighted by atomic mass is 10.0. The quantitative estimate of drug-likeness (QED) is 0.540. The minimum Gasteiger partial charge on any atom is -0.459 e. The highest BCUT2D eigenvalue weighted by Crippen LogP contribution is 2.33. The number of fused-ring (bicyclic) bond motifs is 1. The van der Waals surface area contributed by atoms with Crippen LogP contribution < -0.4 is 19.8 Å². The number of hydrogen-bond donors (Lipinski definition) is 0. The summed E-state index contributed by atoms with van der Waals surface area (Å²) in [7, 11) is 3.98. The molecule has 8 heteroatoms. The van der Waals surface area contributed by atoms with Crippen molar-refractivity contribution in [2.45, 2.75) is 32.9 Å². The first-order valence-corrected chi connectivity index (χ1v) is 12.0. The van der Waals surface area contributed by atoms with E-state index in [1.807, 2.05) is 80.7 Å². The second kappa shape index (κ2) is 8.88. The van der Waals surface area contributed by atoms with Gasteiger partial charge in [-0.05, 0) is 56.0 Å². The Morgan fingerprint density at radius 1 is 1.22 bits per heavy atom. The first-order chi connectivity index (χ1) is 15.3. The molecule has 0 saturated carbocycles. The highest BCUT2D eigenvalue weighted by molar-refractivity contribution is 7.10. The van der Waals surface area contributed by atoms with Gasteiger partial charge in [0.05, 0.1) is 21.9 Å². The summed E-state index contributed by atoms with van der Waals surface area (Å²) in [6, 6.07) is 11.3. The lowest BCUT2D eigenvalue weighted by Gasteiger charge is -2.24. The molecule has 1 aromatic carbocycles. The van der Waals surface area contributed by atoms with E-state index < -0.39 is 12.0 Å². The molecule has 4 rings (SSSR count). The number of rotatable bonds is 5. The van der Waals surface area contributed by atoms with E-state index in [0.717, 1.165) is 16.1 Å². The van der Waals surface area contributed by atoms with Crippen molar-refractivity contribution in [3.05, 3.63) is 83.2 Å². The van der Waals surface area contributed by atoms with Crippen molar-refractivity contribution >= 4 is 40.4 Å². The Morgan fingerprint density at radius 3 is 2.53 bits per heavy atom. The average molecular weight is 468 g/mol. The highest BCUT2D eigenvalue weighted by atomic mass is 32.1. The lowest BCUT2D eigenvalue weighted by molar-refractivity contribution is -0.143. The number of benzene rings is 1. The van der Waals surface area contributed by atoms with Gasteiger partial charge in [0.15, 0.2) is 4.80 Å². The van der Waals surface area contributed by atoms with E-state index in [4.69, 9.17) is 4.74 Å². The summed E-state index contributed by atoms with van der Waals surface area (Å²) >= 11 is 2.84. The van der Waals surface area contributed by atoms with Gasteiger partial charge in [0.25, 0.3) is 5.56 Å². The van der Waals surface area contributed by atoms with Crippen molar-refractivity contribution < 1.29 is 9.53 Å². The van der Waals surface area contributed by atoms with Gasteiger partial charge in [0.2, 0.25) is 0 Å². The number of thiophene rings is 1. The maximum atomic E-state index is 13.5. The van der Waals surface area contributed by atoms with E-state index in [2.05, 4.69) is 4.99 Å². The zero-order valence-electron chi connectivity index (χ0n) is 18.7. The van der Waals surface area contributed by atoms with Crippen LogP contribution in [0, 0.1) is 0 Å². The summed E-state index contributed by atoms with van der Waals surface area (Å²) in [6.45, 7) is 5.42. The summed E-state index contributed by atoms with van der Waals surface area (Å²) < 4.78 is 7.70. The van der Waals surface area contributed by atoms with E-state index in [9.17, 15) is 9.59 Å². The predicted molar refractivity (Wildman–Crippen MR) is 130 cm³/mol. The third-order valence-corrected chi connectivity index (χ3v) is 7.01. The number of carbonyl (C=O) groups excluding carboxylic acids is 1. The van der Waals surface area contributed by atoms with E-state index in [-0.39, 0.29) is 11.7 Å². The lowest BCUT2D eigenvalue weighted by Crippen LogP contribution is -2.39. The number of nitrogens with zero attached hydrogens (tertiary/aromatic N) is 3. The maximum Gasteiger partial charge on any atom is 0.338 e. The van der Waals surface area contributed by atoms with Crippen molar-refractivity contribution in [2.75, 3.05) is 19.0 Å². The molecule has 0 spiro atoms. The van der Waals surface area contributed by atoms with Crippen LogP contribution in [-0.4, -0.2) is 30.7 Å². The molecule has 1 atom stereocenters. The second-order valence-corrected chi connectivity index (χ2v) is 10.0. The molecule has 0 radical (unpaired) electrons. The molecule has 3 aromatic rings. The Hall–Kier alpha value is -2.97. The van der Waals surface area contributed by atoms with Crippen LogP contribution in [0.4, 0.5) is 5.69 Å². The molecule has 0 aliphatic carbocycles. The fourth-order valence-corrected chi connectivity index (χ4v) is 5.47. The number of aromatic nitrogens is 1. The number of ether oxygens (including phenoxy) is 1. The van der Waals surface area contributed by atoms with E-state index in [1.165, 1.54) is 22.7 Å². The van der Waals surface area contributed by atoms with E-state index in [0.29, 0.717) is 20.6 Å². The van der Waals surface area contributed by atoms with Gasteiger partial charge in [-0.25, -0.2) is 9.79 Å². The maximum absolute atomic E-state index is 13.5. The van der Waals surface area contributed by atoms with Gasteiger partial charge in [-0.15, -0.1) is 11.3 Å². The standard InChI is InChI=1S/C24H25N3O3S2/c1-14(2)30-23(29)20-15(3)25-24-27(21(20)18-7-6-12-31-18)22(28)19(32-24)13-16-8-10-17(11-9-16)26(4)5/h6-14,21H,1-5H3/b19-13+/t21-/m1/s1. The Bertz CT molecular complexity index is 1340. The van der Waals surface area contributed by atoms with Crippen LogP contribution in [0.15, 0.2) is 62.8 Å². The summed E-state index contributed by atoms with van der Waals surface area (Å²) in [6.07, 6.45) is 1.61. The molecule has 0 N–H and O–H groups in total. The molecule has 0 bridgehead atoms. The molecule has 166 valence electrons. The first-order valence-electron chi connectivity index (χ1n) is 10.3. The minimum atomic E-state index is -0.546. The Morgan fingerprint density at radius 2 is 1.94 bits per heavy atom. The smallest absolute Gasteiger partial charge is 0.338 e. The topological polar surface area (TPSA) is 63.9 Å². The number of esters is 1. The number of thiazole rings is 1. The van der Waals surface area contributed by atoms with Crippen molar-refractivity contribution in [1.29, 1.82) is 0 Å². The fraction of sp³-hybridized carbons (Fsp3) is 0.292. The molecule has 1 aliphatic rings. The van der Waals surface area contributed by atoms with Crippen molar-refractivity contribution in [2.24, 2.45) is 4.99 Å². The van der Waals surface area contributed by atoms with Crippen LogP contribution in [0.25, 0.3) is 6.08 Å². The summed E-state index contributed by atoms with van der Waals surface area (Å²) in [5.41, 5.74) is 2.85. The van der Waals surface area contributed by atoms with Crippen molar-refractivity contribution in [3.63, 3.8) is 0 Å². The number of anilines is 1. The molecule has 0 saturated heterocycles. The van der Waals surface area contributed by atoms with Crippen LogP contribution >= 0.6 is 22.7 Å². The van der Waals surface area contributed by atoms with Crippen LogP contribution in [0.3, 0.4) is 0 Å². The first kappa shape index (κ1) is 22.2. The van der Waals surface area contributed by atoms with Gasteiger partial charge in [-0.2, -0.15) is 0 Å². The van der Waals surface area contributed by atoms with Crippen molar-refractivity contribution in [1.82, 2.24) is 4.57 Å². The molecule has 2 aromatic heterocycles. The normalized spacial score (nSPS) is 16.2. The molecule has 0 unspecified atom stereocenters. The molecule has 1 aliphatic heterocycles. The SMILES string of the molecule is CC1=C(C(=O)OC(C)C)[C@@H](c2cccs2)n2c(s/c(=C/c3ccc(N(C)C)cc3)c2=O)=N1. The van der Waals surface area contributed by atoms with Crippen LogP contribution in [0.2, 0.25) is 0 Å². The summed E-state index contributed by atoms with van der Waals surface area (Å²) in [5, 5.41) is 1.94. The van der Waals surface area contributed by atoms with Gasteiger partial charge < -0.3 is 9.64 Å². The molecule has 0 fully saturated rings. The predicted octanol–water partition coefficient (Wildman–Crippen LogP) is 3.31. The zero-order chi connectivity index (χ0) is 23.0. The molecular formula is C24H25N3O3S2. The number of carbonyl (C=O) groups is 1. The van der Waals surface area contributed by atoms with Crippen LogP contribution in [-0.2, 0) is 9.53 Å². The van der Waals surface area contributed by atoms with E-state index in [1.54, 1.807) is 11.5 Å². The summed E-state index contributed by atoms with van der Waals surface area (Å²) in [5.74, 6) is -0.437. The Balaban J connectivity index is 1.86. The Kier molecular flexibility index (Phi) is 6.17. The van der Waals surface area contributed by atoms with Crippen molar-refractivity contribution in [3.8, 4) is 0 Å². The fourth-order valence-electron chi connectivity index (χ4n) is 3.60. The molecule has 0 amide bonds. The molecular weight excluding hydrogens is 442 g/mol. The Labute approximate surface area is 194 Å². The van der Waals surface area contributed by atoms with Gasteiger partial charge in [0.1, 0.15) is 6.04 Å². The number of hydrogen-bond acceptors (Lipinski definition) is 7. The van der Waals surface area contributed by atoms with Gasteiger partial charge in [-0.1, -0.05) is 29.5 Å². The zero-order valence-corrected chi connectivity index (χ0v) is 20.3. The van der Waals surface area contributed by atoms with Crippen LogP contribution in [0.5, 0.6) is 0 Å². The third-order valence-electron chi connectivity index (χ3n) is 5.10.